The lowest BCUT2D eigenvalue weighted by molar-refractivity contribution is -0.137. The maximum absolute atomic E-state index is 10.1. The Hall–Kier alpha value is -0.710. The summed E-state index contributed by atoms with van der Waals surface area (Å²) in [4.78, 5) is 20.1. The molecule has 1 unspecified atom stereocenters. The monoisotopic (exact) mass is 178 g/mol. The molecule has 0 spiro atoms. The summed E-state index contributed by atoms with van der Waals surface area (Å²) in [5.74, 6) is -1.84. The van der Waals surface area contributed by atoms with E-state index in [2.05, 4.69) is 0 Å². The van der Waals surface area contributed by atoms with Crippen molar-refractivity contribution in [1.82, 2.24) is 0 Å². The Balaban J connectivity index is 3.44. The molecule has 5 heteroatoms. The van der Waals surface area contributed by atoms with Gasteiger partial charge in [0.25, 0.3) is 0 Å². The molecule has 0 heterocycles. The summed E-state index contributed by atoms with van der Waals surface area (Å²) in [6.45, 7) is 1.70. The van der Waals surface area contributed by atoms with Crippen LogP contribution in [-0.4, -0.2) is 33.2 Å². The van der Waals surface area contributed by atoms with Gasteiger partial charge in [-0.1, -0.05) is 6.92 Å². The van der Waals surface area contributed by atoms with Gasteiger partial charge in [-0.25, -0.2) is 0 Å². The maximum atomic E-state index is 10.1. The Labute approximate surface area is 68.6 Å². The summed E-state index contributed by atoms with van der Waals surface area (Å²) >= 11 is 1.13. The molecule has 2 N–H and O–H groups in total. The Morgan fingerprint density at radius 1 is 1.36 bits per heavy atom. The highest BCUT2D eigenvalue weighted by atomic mass is 32.2. The van der Waals surface area contributed by atoms with Crippen molar-refractivity contribution in [2.45, 2.75) is 18.6 Å². The third kappa shape index (κ3) is 7.18. The fourth-order valence-corrected chi connectivity index (χ4v) is 1.21. The van der Waals surface area contributed by atoms with Crippen molar-refractivity contribution in [2.75, 3.05) is 5.75 Å². The molecular weight excluding hydrogens is 168 g/mol. The van der Waals surface area contributed by atoms with E-state index >= 15 is 0 Å². The average molecular weight is 178 g/mol. The lowest BCUT2D eigenvalue weighted by Crippen LogP contribution is -2.09. The SMILES string of the molecule is CC(CC(=O)O)SCC(=O)O. The van der Waals surface area contributed by atoms with Gasteiger partial charge in [0.05, 0.1) is 12.2 Å². The summed E-state index contributed by atoms with van der Waals surface area (Å²) in [6.07, 6.45) is 0.0119. The fourth-order valence-electron chi connectivity index (χ4n) is 0.518. The maximum Gasteiger partial charge on any atom is 0.313 e. The van der Waals surface area contributed by atoms with E-state index < -0.39 is 11.9 Å². The zero-order valence-electron chi connectivity index (χ0n) is 6.11. The van der Waals surface area contributed by atoms with Gasteiger partial charge >= 0.3 is 11.9 Å². The second-order valence-corrected chi connectivity index (χ2v) is 3.54. The minimum absolute atomic E-state index is 0.0119. The van der Waals surface area contributed by atoms with Crippen molar-refractivity contribution in [3.05, 3.63) is 0 Å². The summed E-state index contributed by atoms with van der Waals surface area (Å²) in [5, 5.41) is 16.4. The molecule has 0 saturated carbocycles. The molecule has 0 aliphatic rings. The standard InChI is InChI=1S/C6H10O4S/c1-4(2-5(7)8)11-3-6(9)10/h4H,2-3H2,1H3,(H,7,8)(H,9,10). The number of hydrogen-bond acceptors (Lipinski definition) is 3. The van der Waals surface area contributed by atoms with E-state index in [1.54, 1.807) is 6.92 Å². The van der Waals surface area contributed by atoms with E-state index in [0.29, 0.717) is 0 Å². The van der Waals surface area contributed by atoms with Crippen molar-refractivity contribution in [1.29, 1.82) is 0 Å². The highest BCUT2D eigenvalue weighted by molar-refractivity contribution is 8.00. The van der Waals surface area contributed by atoms with Gasteiger partial charge in [0, 0.05) is 5.25 Å². The molecule has 0 rings (SSSR count). The predicted molar refractivity (Wildman–Crippen MR) is 41.8 cm³/mol. The quantitative estimate of drug-likeness (QED) is 0.647. The van der Waals surface area contributed by atoms with Crippen LogP contribution < -0.4 is 0 Å². The predicted octanol–water partition coefficient (Wildman–Crippen LogP) is 0.667. The van der Waals surface area contributed by atoms with Gasteiger partial charge in [-0.3, -0.25) is 9.59 Å². The lowest BCUT2D eigenvalue weighted by atomic mass is 10.3. The van der Waals surface area contributed by atoms with Crippen LogP contribution in [0.15, 0.2) is 0 Å². The lowest BCUT2D eigenvalue weighted by Gasteiger charge is -2.04. The molecular formula is C6H10O4S. The van der Waals surface area contributed by atoms with E-state index in [4.69, 9.17) is 10.2 Å². The highest BCUT2D eigenvalue weighted by Gasteiger charge is 2.09. The van der Waals surface area contributed by atoms with Gasteiger partial charge in [-0.15, -0.1) is 11.8 Å². The molecule has 0 amide bonds. The van der Waals surface area contributed by atoms with Gasteiger partial charge in [0.15, 0.2) is 0 Å². The summed E-state index contributed by atoms with van der Waals surface area (Å²) in [7, 11) is 0. The van der Waals surface area contributed by atoms with Crippen molar-refractivity contribution in [3.63, 3.8) is 0 Å². The molecule has 0 aliphatic carbocycles. The smallest absolute Gasteiger partial charge is 0.313 e. The van der Waals surface area contributed by atoms with Crippen LogP contribution in [0.5, 0.6) is 0 Å². The summed E-state index contributed by atoms with van der Waals surface area (Å²) in [6, 6.07) is 0. The first-order chi connectivity index (χ1) is 5.02. The van der Waals surface area contributed by atoms with Crippen LogP contribution in [0.1, 0.15) is 13.3 Å². The van der Waals surface area contributed by atoms with Crippen LogP contribution in [0.2, 0.25) is 0 Å². The van der Waals surface area contributed by atoms with Crippen molar-refractivity contribution in [2.24, 2.45) is 0 Å². The molecule has 0 saturated heterocycles. The number of thioether (sulfide) groups is 1. The molecule has 1 atom stereocenters. The number of aliphatic carboxylic acids is 2. The topological polar surface area (TPSA) is 74.6 Å². The Morgan fingerprint density at radius 2 is 1.91 bits per heavy atom. The Kier molecular flexibility index (Phi) is 4.69. The Morgan fingerprint density at radius 3 is 2.27 bits per heavy atom. The molecule has 0 aromatic heterocycles. The minimum Gasteiger partial charge on any atom is -0.481 e. The first-order valence-corrected chi connectivity index (χ1v) is 4.12. The second-order valence-electron chi connectivity index (χ2n) is 2.11. The summed E-state index contributed by atoms with van der Waals surface area (Å²) in [5.41, 5.74) is 0. The number of carboxylic acids is 2. The third-order valence-electron chi connectivity index (χ3n) is 0.953. The van der Waals surface area contributed by atoms with Crippen LogP contribution in [-0.2, 0) is 9.59 Å². The van der Waals surface area contributed by atoms with Gasteiger partial charge in [-0.05, 0) is 0 Å². The number of carbonyl (C=O) groups is 2. The molecule has 0 aromatic rings. The fraction of sp³-hybridized carbons (Fsp3) is 0.667. The first kappa shape index (κ1) is 10.3. The molecule has 0 fully saturated rings. The average Bonchev–Trinajstić information content (AvgIpc) is 1.82. The van der Waals surface area contributed by atoms with Gasteiger partial charge in [-0.2, -0.15) is 0 Å². The first-order valence-electron chi connectivity index (χ1n) is 3.07. The molecule has 11 heavy (non-hydrogen) atoms. The molecule has 0 radical (unpaired) electrons. The number of hydrogen-bond donors (Lipinski definition) is 2. The normalized spacial score (nSPS) is 12.5. The van der Waals surface area contributed by atoms with Crippen molar-refractivity contribution >= 4 is 23.7 Å². The van der Waals surface area contributed by atoms with Crippen LogP contribution in [0.25, 0.3) is 0 Å². The van der Waals surface area contributed by atoms with Crippen LogP contribution in [0.4, 0.5) is 0 Å². The highest BCUT2D eigenvalue weighted by Crippen LogP contribution is 2.12. The zero-order valence-corrected chi connectivity index (χ0v) is 6.93. The number of carboxylic acid groups (broad SMARTS) is 2. The Bertz CT molecular complexity index is 157. The van der Waals surface area contributed by atoms with Crippen LogP contribution in [0, 0.1) is 0 Å². The molecule has 0 aromatic carbocycles. The van der Waals surface area contributed by atoms with E-state index in [9.17, 15) is 9.59 Å². The molecule has 0 aliphatic heterocycles. The van der Waals surface area contributed by atoms with E-state index in [1.165, 1.54) is 0 Å². The minimum atomic E-state index is -0.910. The largest absolute Gasteiger partial charge is 0.481 e. The van der Waals surface area contributed by atoms with Gasteiger partial charge in [0.1, 0.15) is 0 Å². The molecule has 64 valence electrons. The van der Waals surface area contributed by atoms with E-state index in [-0.39, 0.29) is 17.4 Å². The summed E-state index contributed by atoms with van der Waals surface area (Å²) < 4.78 is 0. The zero-order chi connectivity index (χ0) is 8.85. The molecule has 0 bridgehead atoms. The van der Waals surface area contributed by atoms with Crippen molar-refractivity contribution in [3.8, 4) is 0 Å². The van der Waals surface area contributed by atoms with E-state index in [0.717, 1.165) is 11.8 Å². The van der Waals surface area contributed by atoms with E-state index in [1.807, 2.05) is 0 Å². The number of rotatable bonds is 5. The second kappa shape index (κ2) is 5.01. The van der Waals surface area contributed by atoms with Crippen LogP contribution in [0.3, 0.4) is 0 Å². The van der Waals surface area contributed by atoms with Gasteiger partial charge in [0.2, 0.25) is 0 Å². The third-order valence-corrected chi connectivity index (χ3v) is 2.10. The molecule has 4 nitrogen and oxygen atoms in total. The van der Waals surface area contributed by atoms with Gasteiger partial charge < -0.3 is 10.2 Å². The van der Waals surface area contributed by atoms with Crippen LogP contribution >= 0.6 is 11.8 Å². The van der Waals surface area contributed by atoms with Crippen molar-refractivity contribution < 1.29 is 19.8 Å².